The largest absolute Gasteiger partial charge is 0.493 e. The number of aliphatic hydroxyl groups excluding tert-OH is 1. The number of nitrogens with zero attached hydrogens (tertiary/aromatic N) is 2. The summed E-state index contributed by atoms with van der Waals surface area (Å²) < 4.78 is 10.7. The van der Waals surface area contributed by atoms with Gasteiger partial charge in [0.15, 0.2) is 11.5 Å². The highest BCUT2D eigenvalue weighted by atomic mass is 35.5. The van der Waals surface area contributed by atoms with Crippen LogP contribution >= 0.6 is 11.6 Å². The highest BCUT2D eigenvalue weighted by Gasteiger charge is 2.44. The molecule has 1 N–H and O–H groups in total. The number of hydrogen-bond donors (Lipinski definition) is 1. The second-order valence-corrected chi connectivity index (χ2v) is 9.42. The van der Waals surface area contributed by atoms with Gasteiger partial charge in [0.25, 0.3) is 5.91 Å². The van der Waals surface area contributed by atoms with Gasteiger partial charge in [-0.05, 0) is 61.7 Å². The lowest BCUT2D eigenvalue weighted by Crippen LogP contribution is -2.55. The SMILES string of the molecule is COc1ccc(C(=O)N2c3ccccc3C(N3CCCc4c(Cl)cccc43)C(O)C2C)cc1OC. The average Bonchev–Trinajstić information content (AvgIpc) is 2.89. The van der Waals surface area contributed by atoms with Gasteiger partial charge in [-0.3, -0.25) is 4.79 Å². The normalized spacial score (nSPS) is 21.2. The molecule has 1 amide bonds. The number of aliphatic hydroxyl groups is 1. The molecule has 0 aromatic heterocycles. The first kappa shape index (κ1) is 23.5. The number of carbonyl (C=O) groups excluding carboxylic acids is 1. The van der Waals surface area contributed by atoms with E-state index in [1.54, 1.807) is 37.3 Å². The number of rotatable bonds is 4. The molecule has 7 heteroatoms. The molecule has 2 aliphatic rings. The van der Waals surface area contributed by atoms with Gasteiger partial charge in [-0.15, -0.1) is 0 Å². The molecule has 3 atom stereocenters. The van der Waals surface area contributed by atoms with Gasteiger partial charge in [0, 0.05) is 34.1 Å². The summed E-state index contributed by atoms with van der Waals surface area (Å²) in [6.07, 6.45) is 1.05. The standard InChI is InChI=1S/C28H29ClN2O4/c1-17-27(32)26(30-15-7-9-19-21(29)10-6-12-22(19)30)20-8-4-5-11-23(20)31(17)28(33)18-13-14-24(34-2)25(16-18)35-3/h4-6,8,10-14,16-17,26-27,32H,7,9,15H2,1-3H3. The van der Waals surface area contributed by atoms with Gasteiger partial charge in [-0.2, -0.15) is 0 Å². The van der Waals surface area contributed by atoms with Crippen LogP contribution in [0.1, 0.15) is 40.9 Å². The molecule has 0 fully saturated rings. The maximum Gasteiger partial charge on any atom is 0.258 e. The third-order valence-corrected chi connectivity index (χ3v) is 7.51. The lowest BCUT2D eigenvalue weighted by Gasteiger charge is -2.48. The molecule has 0 saturated carbocycles. The smallest absolute Gasteiger partial charge is 0.258 e. The molecule has 3 aromatic rings. The van der Waals surface area contributed by atoms with Gasteiger partial charge < -0.3 is 24.4 Å². The zero-order valence-electron chi connectivity index (χ0n) is 20.1. The van der Waals surface area contributed by atoms with E-state index in [1.165, 1.54) is 0 Å². The van der Waals surface area contributed by atoms with Crippen LogP contribution in [-0.2, 0) is 6.42 Å². The van der Waals surface area contributed by atoms with E-state index in [-0.39, 0.29) is 11.9 Å². The molecule has 0 bridgehead atoms. The topological polar surface area (TPSA) is 62.2 Å². The highest BCUT2D eigenvalue weighted by Crippen LogP contribution is 2.46. The molecule has 0 aliphatic carbocycles. The molecule has 3 unspecified atom stereocenters. The number of hydrogen-bond acceptors (Lipinski definition) is 5. The Hall–Kier alpha value is -3.22. The summed E-state index contributed by atoms with van der Waals surface area (Å²) in [6, 6.07) is 18.1. The number of methoxy groups -OCH3 is 2. The van der Waals surface area contributed by atoms with Crippen LogP contribution in [0.25, 0.3) is 0 Å². The molecule has 5 rings (SSSR count). The Kier molecular flexibility index (Phi) is 6.34. The monoisotopic (exact) mass is 492 g/mol. The van der Waals surface area contributed by atoms with Gasteiger partial charge in [-0.1, -0.05) is 35.9 Å². The molecular formula is C28H29ClN2O4. The fraction of sp³-hybridized carbons (Fsp3) is 0.321. The molecule has 2 aliphatic heterocycles. The zero-order valence-corrected chi connectivity index (χ0v) is 20.8. The van der Waals surface area contributed by atoms with Crippen molar-refractivity contribution in [2.45, 2.75) is 38.0 Å². The Balaban J connectivity index is 1.58. The number of benzene rings is 3. The molecule has 182 valence electrons. The Labute approximate surface area is 210 Å². The number of amides is 1. The Bertz CT molecular complexity index is 1260. The van der Waals surface area contributed by atoms with Crippen molar-refractivity contribution in [2.24, 2.45) is 0 Å². The third-order valence-electron chi connectivity index (χ3n) is 7.15. The number of fused-ring (bicyclic) bond motifs is 2. The summed E-state index contributed by atoms with van der Waals surface area (Å²) in [4.78, 5) is 17.7. The van der Waals surface area contributed by atoms with Crippen molar-refractivity contribution in [1.29, 1.82) is 0 Å². The molecule has 3 aromatic carbocycles. The van der Waals surface area contributed by atoms with E-state index in [0.717, 1.165) is 46.9 Å². The second kappa shape index (κ2) is 9.44. The predicted octanol–water partition coefficient (Wildman–Crippen LogP) is 5.26. The summed E-state index contributed by atoms with van der Waals surface area (Å²) in [5, 5.41) is 12.4. The van der Waals surface area contributed by atoms with Gasteiger partial charge >= 0.3 is 0 Å². The van der Waals surface area contributed by atoms with Crippen molar-refractivity contribution in [3.8, 4) is 11.5 Å². The summed E-state index contributed by atoms with van der Waals surface area (Å²) in [5.74, 6) is 0.834. The van der Waals surface area contributed by atoms with E-state index in [9.17, 15) is 9.90 Å². The molecule has 6 nitrogen and oxygen atoms in total. The maximum absolute atomic E-state index is 13.8. The zero-order chi connectivity index (χ0) is 24.7. The van der Waals surface area contributed by atoms with Crippen LogP contribution in [0.5, 0.6) is 11.5 Å². The number of halogens is 1. The number of para-hydroxylation sites is 1. The van der Waals surface area contributed by atoms with Crippen LogP contribution in [0.2, 0.25) is 5.02 Å². The van der Waals surface area contributed by atoms with Gasteiger partial charge in [-0.25, -0.2) is 0 Å². The van der Waals surface area contributed by atoms with Crippen molar-refractivity contribution in [2.75, 3.05) is 30.6 Å². The van der Waals surface area contributed by atoms with E-state index in [4.69, 9.17) is 21.1 Å². The predicted molar refractivity (Wildman–Crippen MR) is 138 cm³/mol. The summed E-state index contributed by atoms with van der Waals surface area (Å²) >= 11 is 6.53. The Morgan fingerprint density at radius 3 is 2.51 bits per heavy atom. The number of carbonyl (C=O) groups is 1. The van der Waals surface area contributed by atoms with E-state index >= 15 is 0 Å². The quantitative estimate of drug-likeness (QED) is 0.538. The second-order valence-electron chi connectivity index (χ2n) is 9.01. The van der Waals surface area contributed by atoms with Crippen molar-refractivity contribution < 1.29 is 19.4 Å². The Morgan fingerprint density at radius 1 is 1.00 bits per heavy atom. The van der Waals surface area contributed by atoms with Gasteiger partial charge in [0.2, 0.25) is 0 Å². The summed E-state index contributed by atoms with van der Waals surface area (Å²) in [6.45, 7) is 2.70. The minimum Gasteiger partial charge on any atom is -0.493 e. The van der Waals surface area contributed by atoms with Crippen molar-refractivity contribution in [3.63, 3.8) is 0 Å². The molecule has 0 spiro atoms. The van der Waals surface area contributed by atoms with Crippen molar-refractivity contribution in [1.82, 2.24) is 0 Å². The third kappa shape index (κ3) is 3.91. The lowest BCUT2D eigenvalue weighted by atomic mass is 9.85. The van der Waals surface area contributed by atoms with Crippen molar-refractivity contribution in [3.05, 3.63) is 82.4 Å². The molecular weight excluding hydrogens is 464 g/mol. The van der Waals surface area contributed by atoms with Crippen LogP contribution in [0.15, 0.2) is 60.7 Å². The van der Waals surface area contributed by atoms with E-state index in [1.807, 2.05) is 43.3 Å². The number of anilines is 2. The molecule has 0 radical (unpaired) electrons. The fourth-order valence-corrected chi connectivity index (χ4v) is 5.70. The van der Waals surface area contributed by atoms with Crippen LogP contribution < -0.4 is 19.3 Å². The van der Waals surface area contributed by atoms with E-state index < -0.39 is 12.1 Å². The number of ether oxygens (including phenoxy) is 2. The van der Waals surface area contributed by atoms with Crippen LogP contribution in [0.4, 0.5) is 11.4 Å². The summed E-state index contributed by atoms with van der Waals surface area (Å²) in [7, 11) is 3.10. The maximum atomic E-state index is 13.8. The van der Waals surface area contributed by atoms with Crippen LogP contribution in [-0.4, -0.2) is 43.9 Å². The lowest BCUT2D eigenvalue weighted by molar-refractivity contribution is 0.0835. The Morgan fingerprint density at radius 2 is 1.74 bits per heavy atom. The van der Waals surface area contributed by atoms with E-state index in [2.05, 4.69) is 11.0 Å². The fourth-order valence-electron chi connectivity index (χ4n) is 5.43. The first-order valence-electron chi connectivity index (χ1n) is 11.8. The molecule has 35 heavy (non-hydrogen) atoms. The highest BCUT2D eigenvalue weighted by molar-refractivity contribution is 6.31. The van der Waals surface area contributed by atoms with Gasteiger partial charge in [0.05, 0.1) is 32.4 Å². The van der Waals surface area contributed by atoms with Crippen LogP contribution in [0.3, 0.4) is 0 Å². The minimum atomic E-state index is -0.807. The summed E-state index contributed by atoms with van der Waals surface area (Å²) in [5.41, 5.74) is 4.34. The minimum absolute atomic E-state index is 0.203. The van der Waals surface area contributed by atoms with Crippen LogP contribution in [0, 0.1) is 0 Å². The van der Waals surface area contributed by atoms with Gasteiger partial charge in [0.1, 0.15) is 0 Å². The van der Waals surface area contributed by atoms with Crippen molar-refractivity contribution >= 4 is 28.9 Å². The molecule has 2 heterocycles. The molecule has 0 saturated heterocycles. The first-order valence-corrected chi connectivity index (χ1v) is 12.2. The average molecular weight is 493 g/mol. The van der Waals surface area contributed by atoms with E-state index in [0.29, 0.717) is 17.1 Å². The first-order chi connectivity index (χ1) is 17.0.